The summed E-state index contributed by atoms with van der Waals surface area (Å²) in [5.41, 5.74) is 1.14. The van der Waals surface area contributed by atoms with Gasteiger partial charge < -0.3 is 4.74 Å². The zero-order chi connectivity index (χ0) is 17.7. The highest BCUT2D eigenvalue weighted by molar-refractivity contribution is 7.93. The first-order valence-corrected chi connectivity index (χ1v) is 9.95. The van der Waals surface area contributed by atoms with Gasteiger partial charge in [0.1, 0.15) is 0 Å². The van der Waals surface area contributed by atoms with Gasteiger partial charge in [0, 0.05) is 23.2 Å². The quantitative estimate of drug-likeness (QED) is 0.734. The van der Waals surface area contributed by atoms with Gasteiger partial charge in [0.25, 0.3) is 10.0 Å². The molecule has 2 rings (SSSR count). The van der Waals surface area contributed by atoms with Crippen LogP contribution in [0.5, 0.6) is 0 Å². The SMILES string of the molecule is CCC(=O)OCCc1csc(NS(=O)(=O)c2cccc(Cl)c2C)n1. The minimum Gasteiger partial charge on any atom is -0.465 e. The Kier molecular flexibility index (Phi) is 6.20. The Morgan fingerprint density at radius 1 is 1.42 bits per heavy atom. The fourth-order valence-corrected chi connectivity index (χ4v) is 4.39. The van der Waals surface area contributed by atoms with Crippen molar-refractivity contribution in [3.8, 4) is 0 Å². The molecule has 0 radical (unpaired) electrons. The molecule has 0 bridgehead atoms. The number of benzene rings is 1. The van der Waals surface area contributed by atoms with Crippen LogP contribution in [0.2, 0.25) is 5.02 Å². The molecule has 0 aliphatic heterocycles. The topological polar surface area (TPSA) is 85.4 Å². The third-order valence-corrected chi connectivity index (χ3v) is 6.02. The summed E-state index contributed by atoms with van der Waals surface area (Å²) in [6.07, 6.45) is 0.751. The van der Waals surface area contributed by atoms with Crippen molar-refractivity contribution in [2.24, 2.45) is 0 Å². The van der Waals surface area contributed by atoms with Crippen LogP contribution in [-0.4, -0.2) is 26.0 Å². The zero-order valence-corrected chi connectivity index (χ0v) is 15.6. The Morgan fingerprint density at radius 2 is 2.17 bits per heavy atom. The van der Waals surface area contributed by atoms with Gasteiger partial charge in [-0.25, -0.2) is 13.4 Å². The summed E-state index contributed by atoms with van der Waals surface area (Å²) in [6.45, 7) is 3.58. The number of ether oxygens (including phenoxy) is 1. The van der Waals surface area contributed by atoms with Crippen LogP contribution in [0.25, 0.3) is 0 Å². The number of aromatic nitrogens is 1. The van der Waals surface area contributed by atoms with Crippen molar-refractivity contribution in [1.82, 2.24) is 4.98 Å². The van der Waals surface area contributed by atoms with Crippen LogP contribution >= 0.6 is 22.9 Å². The number of rotatable bonds is 7. The maximum Gasteiger partial charge on any atom is 0.305 e. The second-order valence-corrected chi connectivity index (χ2v) is 7.85. The maximum absolute atomic E-state index is 12.5. The summed E-state index contributed by atoms with van der Waals surface area (Å²) in [6, 6.07) is 4.70. The molecule has 9 heteroatoms. The highest BCUT2D eigenvalue weighted by Gasteiger charge is 2.19. The Balaban J connectivity index is 2.06. The molecule has 1 aromatic carbocycles. The van der Waals surface area contributed by atoms with E-state index in [0.29, 0.717) is 29.1 Å². The van der Waals surface area contributed by atoms with E-state index in [1.807, 2.05) is 0 Å². The zero-order valence-electron chi connectivity index (χ0n) is 13.2. The molecule has 0 amide bonds. The van der Waals surface area contributed by atoms with Gasteiger partial charge in [-0.1, -0.05) is 24.6 Å². The summed E-state index contributed by atoms with van der Waals surface area (Å²) in [5.74, 6) is -0.275. The predicted octanol–water partition coefficient (Wildman–Crippen LogP) is 3.40. The number of sulfonamides is 1. The minimum atomic E-state index is -3.76. The summed E-state index contributed by atoms with van der Waals surface area (Å²) in [5, 5.41) is 2.37. The molecule has 0 atom stereocenters. The average molecular weight is 389 g/mol. The van der Waals surface area contributed by atoms with Crippen molar-refractivity contribution in [1.29, 1.82) is 0 Å². The largest absolute Gasteiger partial charge is 0.465 e. The average Bonchev–Trinajstić information content (AvgIpc) is 2.96. The maximum atomic E-state index is 12.5. The molecule has 1 heterocycles. The lowest BCUT2D eigenvalue weighted by Gasteiger charge is -2.09. The van der Waals surface area contributed by atoms with Gasteiger partial charge in [0.15, 0.2) is 5.13 Å². The smallest absolute Gasteiger partial charge is 0.305 e. The minimum absolute atomic E-state index is 0.114. The molecule has 0 saturated heterocycles. The molecule has 0 unspecified atom stereocenters. The molecule has 130 valence electrons. The van der Waals surface area contributed by atoms with Crippen LogP contribution in [0.4, 0.5) is 5.13 Å². The van der Waals surface area contributed by atoms with Crippen molar-refractivity contribution >= 4 is 44.1 Å². The number of nitrogens with one attached hydrogen (secondary N) is 1. The number of halogens is 1. The van der Waals surface area contributed by atoms with E-state index in [9.17, 15) is 13.2 Å². The molecule has 0 spiro atoms. The number of hydrogen-bond acceptors (Lipinski definition) is 6. The van der Waals surface area contributed by atoms with E-state index in [-0.39, 0.29) is 22.6 Å². The Morgan fingerprint density at radius 3 is 2.88 bits per heavy atom. The van der Waals surface area contributed by atoms with Gasteiger partial charge in [-0.05, 0) is 24.6 Å². The third kappa shape index (κ3) is 4.68. The van der Waals surface area contributed by atoms with Gasteiger partial charge in [-0.15, -0.1) is 11.3 Å². The molecule has 0 aliphatic rings. The Hall–Kier alpha value is -1.64. The normalized spacial score (nSPS) is 11.3. The monoisotopic (exact) mass is 388 g/mol. The van der Waals surface area contributed by atoms with E-state index in [2.05, 4.69) is 9.71 Å². The van der Waals surface area contributed by atoms with Gasteiger partial charge >= 0.3 is 5.97 Å². The number of carbonyl (C=O) groups excluding carboxylic acids is 1. The van der Waals surface area contributed by atoms with Crippen LogP contribution < -0.4 is 4.72 Å². The Bertz CT molecular complexity index is 834. The number of esters is 1. The fraction of sp³-hybridized carbons (Fsp3) is 0.333. The van der Waals surface area contributed by atoms with Crippen molar-refractivity contribution in [3.63, 3.8) is 0 Å². The first kappa shape index (κ1) is 18.7. The third-order valence-electron chi connectivity index (χ3n) is 3.19. The first-order chi connectivity index (χ1) is 11.3. The van der Waals surface area contributed by atoms with Gasteiger partial charge in [0.05, 0.1) is 17.2 Å². The second-order valence-electron chi connectivity index (χ2n) is 4.94. The van der Waals surface area contributed by atoms with Crippen molar-refractivity contribution in [2.45, 2.75) is 31.6 Å². The van der Waals surface area contributed by atoms with Gasteiger partial charge in [-0.3, -0.25) is 9.52 Å². The number of thiazole rings is 1. The lowest BCUT2D eigenvalue weighted by atomic mass is 10.2. The van der Waals surface area contributed by atoms with Crippen LogP contribution in [0.1, 0.15) is 24.6 Å². The molecule has 1 N–H and O–H groups in total. The molecule has 0 fully saturated rings. The standard InChI is InChI=1S/C15H17ClN2O4S2/c1-3-14(19)22-8-7-11-9-23-15(17-11)18-24(20,21)13-6-4-5-12(16)10(13)2/h4-6,9H,3,7-8H2,1-2H3,(H,17,18). The molecule has 0 saturated carbocycles. The molecule has 6 nitrogen and oxygen atoms in total. The molecule has 0 aliphatic carbocycles. The molecule has 24 heavy (non-hydrogen) atoms. The number of hydrogen-bond donors (Lipinski definition) is 1. The summed E-state index contributed by atoms with van der Waals surface area (Å²) < 4.78 is 32.3. The van der Waals surface area contributed by atoms with Crippen LogP contribution in [-0.2, 0) is 26.0 Å². The van der Waals surface area contributed by atoms with E-state index in [1.54, 1.807) is 31.4 Å². The van der Waals surface area contributed by atoms with Gasteiger partial charge in [-0.2, -0.15) is 0 Å². The molecule has 2 aromatic rings. The lowest BCUT2D eigenvalue weighted by molar-refractivity contribution is -0.143. The highest BCUT2D eigenvalue weighted by Crippen LogP contribution is 2.26. The van der Waals surface area contributed by atoms with E-state index >= 15 is 0 Å². The molecule has 1 aromatic heterocycles. The first-order valence-electron chi connectivity index (χ1n) is 7.21. The number of nitrogens with zero attached hydrogens (tertiary/aromatic N) is 1. The highest BCUT2D eigenvalue weighted by atomic mass is 35.5. The van der Waals surface area contributed by atoms with Gasteiger partial charge in [0.2, 0.25) is 0 Å². The van der Waals surface area contributed by atoms with E-state index < -0.39 is 10.0 Å². The summed E-state index contributed by atoms with van der Waals surface area (Å²) in [4.78, 5) is 15.4. The molecular formula is C15H17ClN2O4S2. The van der Waals surface area contributed by atoms with Crippen molar-refractivity contribution in [3.05, 3.63) is 39.9 Å². The predicted molar refractivity (Wildman–Crippen MR) is 94.1 cm³/mol. The van der Waals surface area contributed by atoms with E-state index in [1.165, 1.54) is 17.4 Å². The van der Waals surface area contributed by atoms with Crippen molar-refractivity contribution < 1.29 is 17.9 Å². The summed E-state index contributed by atoms with van der Waals surface area (Å²) >= 11 is 7.15. The van der Waals surface area contributed by atoms with E-state index in [0.717, 1.165) is 0 Å². The summed E-state index contributed by atoms with van der Waals surface area (Å²) in [7, 11) is -3.76. The second kappa shape index (κ2) is 7.96. The van der Waals surface area contributed by atoms with Crippen LogP contribution in [0.15, 0.2) is 28.5 Å². The Labute approximate surface area is 149 Å². The number of carbonyl (C=O) groups is 1. The molecular weight excluding hydrogens is 372 g/mol. The van der Waals surface area contributed by atoms with E-state index in [4.69, 9.17) is 16.3 Å². The van der Waals surface area contributed by atoms with Crippen molar-refractivity contribution in [2.75, 3.05) is 11.3 Å². The lowest BCUT2D eigenvalue weighted by Crippen LogP contribution is -2.14. The van der Waals surface area contributed by atoms with Crippen LogP contribution in [0.3, 0.4) is 0 Å². The number of anilines is 1. The fourth-order valence-electron chi connectivity index (χ4n) is 1.89. The van der Waals surface area contributed by atoms with Crippen LogP contribution in [0, 0.1) is 6.92 Å².